The van der Waals surface area contributed by atoms with Gasteiger partial charge in [0.2, 0.25) is 0 Å². The molecule has 142 valence electrons. The Morgan fingerprint density at radius 3 is 2.07 bits per heavy atom. The van der Waals surface area contributed by atoms with E-state index in [1.165, 1.54) is 7.11 Å². The van der Waals surface area contributed by atoms with Crippen LogP contribution in [0.4, 0.5) is 0 Å². The van der Waals surface area contributed by atoms with Crippen molar-refractivity contribution in [1.82, 2.24) is 0 Å². The minimum absolute atomic E-state index is 0.0488. The Morgan fingerprint density at radius 1 is 0.964 bits per heavy atom. The minimum Gasteiger partial charge on any atom is -0.504 e. The number of fused-ring (bicyclic) bond motifs is 2. The van der Waals surface area contributed by atoms with Crippen LogP contribution in [0.2, 0.25) is 0 Å². The number of ether oxygens (including phenoxy) is 1. The van der Waals surface area contributed by atoms with Crippen molar-refractivity contribution in [2.75, 3.05) is 7.11 Å². The van der Waals surface area contributed by atoms with E-state index in [0.29, 0.717) is 34.4 Å². The Hall–Kier alpha value is -3.11. The van der Waals surface area contributed by atoms with Gasteiger partial charge in [-0.25, -0.2) is 0 Å². The number of benzene rings is 3. The summed E-state index contributed by atoms with van der Waals surface area (Å²) in [6.07, 6.45) is 0.626. The Labute approximate surface area is 164 Å². The molecule has 1 aliphatic carbocycles. The highest BCUT2D eigenvalue weighted by Crippen LogP contribution is 2.50. The molecule has 0 saturated carbocycles. The maximum atomic E-state index is 13.0. The van der Waals surface area contributed by atoms with Gasteiger partial charge in [-0.2, -0.15) is 0 Å². The van der Waals surface area contributed by atoms with E-state index in [1.807, 2.05) is 43.3 Å². The molecule has 0 heterocycles. The Bertz CT molecular complexity index is 1000. The first-order valence-electron chi connectivity index (χ1n) is 9.35. The van der Waals surface area contributed by atoms with E-state index >= 15 is 0 Å². The highest BCUT2D eigenvalue weighted by Gasteiger charge is 2.47. The SMILES string of the molecule is CCC(c1ccc(O)c(OC)c1)C1(O)c2ccccc2C(=O)c2ccccc21. The number of carbonyl (C=O) groups is 1. The summed E-state index contributed by atoms with van der Waals surface area (Å²) in [6, 6.07) is 19.6. The zero-order valence-corrected chi connectivity index (χ0v) is 15.8. The third-order valence-corrected chi connectivity index (χ3v) is 5.68. The zero-order chi connectivity index (χ0) is 19.9. The molecule has 4 heteroatoms. The van der Waals surface area contributed by atoms with Crippen LogP contribution in [0.1, 0.15) is 51.9 Å². The highest BCUT2D eigenvalue weighted by molar-refractivity contribution is 6.13. The molecule has 1 atom stereocenters. The largest absolute Gasteiger partial charge is 0.504 e. The molecule has 4 rings (SSSR count). The first-order valence-corrected chi connectivity index (χ1v) is 9.35. The Morgan fingerprint density at radius 2 is 1.54 bits per heavy atom. The number of methoxy groups -OCH3 is 1. The smallest absolute Gasteiger partial charge is 0.193 e. The number of phenolic OH excluding ortho intramolecular Hbond substituents is 1. The van der Waals surface area contributed by atoms with E-state index in [2.05, 4.69) is 0 Å². The number of aromatic hydroxyl groups is 1. The third-order valence-electron chi connectivity index (χ3n) is 5.68. The number of rotatable bonds is 4. The molecule has 0 saturated heterocycles. The average Bonchev–Trinajstić information content (AvgIpc) is 2.74. The van der Waals surface area contributed by atoms with Crippen molar-refractivity contribution in [3.05, 3.63) is 94.5 Å². The van der Waals surface area contributed by atoms with Crippen molar-refractivity contribution in [2.24, 2.45) is 0 Å². The number of aliphatic hydroxyl groups is 1. The number of phenols is 1. The Balaban J connectivity index is 1.99. The monoisotopic (exact) mass is 374 g/mol. The minimum atomic E-state index is -1.38. The molecule has 0 aromatic heterocycles. The quantitative estimate of drug-likeness (QED) is 0.711. The van der Waals surface area contributed by atoms with Crippen LogP contribution in [-0.4, -0.2) is 23.1 Å². The fourth-order valence-corrected chi connectivity index (χ4v) is 4.38. The normalized spacial score (nSPS) is 15.5. The van der Waals surface area contributed by atoms with Gasteiger partial charge in [0.1, 0.15) is 5.60 Å². The molecule has 0 bridgehead atoms. The first-order chi connectivity index (χ1) is 13.5. The number of hydrogen-bond acceptors (Lipinski definition) is 4. The molecular formula is C24H22O4. The van der Waals surface area contributed by atoms with Crippen LogP contribution in [0.5, 0.6) is 11.5 Å². The van der Waals surface area contributed by atoms with E-state index in [-0.39, 0.29) is 17.5 Å². The second kappa shape index (κ2) is 6.80. The molecule has 4 nitrogen and oxygen atoms in total. The van der Waals surface area contributed by atoms with Crippen molar-refractivity contribution >= 4 is 5.78 Å². The van der Waals surface area contributed by atoms with Crippen molar-refractivity contribution in [3.63, 3.8) is 0 Å². The predicted octanol–water partition coefficient (Wildman–Crippen LogP) is 4.37. The van der Waals surface area contributed by atoms with Crippen molar-refractivity contribution in [2.45, 2.75) is 24.9 Å². The third kappa shape index (κ3) is 2.53. The fourth-order valence-electron chi connectivity index (χ4n) is 4.38. The van der Waals surface area contributed by atoms with Crippen LogP contribution in [0, 0.1) is 0 Å². The fraction of sp³-hybridized carbons (Fsp3) is 0.208. The molecule has 0 radical (unpaired) electrons. The molecule has 3 aromatic rings. The van der Waals surface area contributed by atoms with E-state index < -0.39 is 5.60 Å². The standard InChI is InChI=1S/C24H22O4/c1-3-18(15-12-13-21(25)22(14-15)28-2)24(27)19-10-6-4-8-16(19)23(26)17-9-5-7-11-20(17)24/h4-14,18,25,27H,3H2,1-2H3. The number of hydrogen-bond donors (Lipinski definition) is 2. The van der Waals surface area contributed by atoms with E-state index in [4.69, 9.17) is 4.74 Å². The van der Waals surface area contributed by atoms with Gasteiger partial charge < -0.3 is 14.9 Å². The summed E-state index contributed by atoms with van der Waals surface area (Å²) >= 11 is 0. The van der Waals surface area contributed by atoms with Crippen LogP contribution in [0.3, 0.4) is 0 Å². The van der Waals surface area contributed by atoms with Crippen LogP contribution in [0.25, 0.3) is 0 Å². The van der Waals surface area contributed by atoms with Gasteiger partial charge in [-0.05, 0) is 35.2 Å². The van der Waals surface area contributed by atoms with Gasteiger partial charge in [0.05, 0.1) is 7.11 Å². The summed E-state index contributed by atoms with van der Waals surface area (Å²) in [5.74, 6) is -0.00728. The first kappa shape index (κ1) is 18.3. The second-order valence-electron chi connectivity index (χ2n) is 7.08. The lowest BCUT2D eigenvalue weighted by molar-refractivity contribution is 0.0427. The molecule has 1 aliphatic rings. The van der Waals surface area contributed by atoms with Gasteiger partial charge in [-0.15, -0.1) is 0 Å². The van der Waals surface area contributed by atoms with Crippen molar-refractivity contribution < 1.29 is 19.7 Å². The van der Waals surface area contributed by atoms with Crippen LogP contribution >= 0.6 is 0 Å². The molecule has 28 heavy (non-hydrogen) atoms. The van der Waals surface area contributed by atoms with Gasteiger partial charge >= 0.3 is 0 Å². The summed E-state index contributed by atoms with van der Waals surface area (Å²) in [6.45, 7) is 2.00. The van der Waals surface area contributed by atoms with Gasteiger partial charge in [0, 0.05) is 17.0 Å². The van der Waals surface area contributed by atoms with Crippen LogP contribution < -0.4 is 4.74 Å². The molecule has 3 aromatic carbocycles. The number of carbonyl (C=O) groups excluding carboxylic acids is 1. The summed E-state index contributed by atoms with van der Waals surface area (Å²) in [4.78, 5) is 13.0. The summed E-state index contributed by atoms with van der Waals surface area (Å²) in [5.41, 5.74) is 1.72. The lowest BCUT2D eigenvalue weighted by atomic mass is 9.65. The van der Waals surface area contributed by atoms with Gasteiger partial charge in [0.25, 0.3) is 0 Å². The second-order valence-corrected chi connectivity index (χ2v) is 7.08. The van der Waals surface area contributed by atoms with Gasteiger partial charge in [-0.1, -0.05) is 61.5 Å². The summed E-state index contributed by atoms with van der Waals surface area (Å²) < 4.78 is 5.27. The maximum absolute atomic E-state index is 13.0. The van der Waals surface area contributed by atoms with Gasteiger partial charge in [-0.3, -0.25) is 4.79 Å². The van der Waals surface area contributed by atoms with E-state index in [9.17, 15) is 15.0 Å². The molecule has 0 fully saturated rings. The van der Waals surface area contributed by atoms with Crippen molar-refractivity contribution in [1.29, 1.82) is 0 Å². The topological polar surface area (TPSA) is 66.8 Å². The van der Waals surface area contributed by atoms with Crippen molar-refractivity contribution in [3.8, 4) is 11.5 Å². The Kier molecular flexibility index (Phi) is 4.44. The van der Waals surface area contributed by atoms with Crippen LogP contribution in [0.15, 0.2) is 66.7 Å². The molecular weight excluding hydrogens is 352 g/mol. The maximum Gasteiger partial charge on any atom is 0.193 e. The molecule has 0 amide bonds. The summed E-state index contributed by atoms with van der Waals surface area (Å²) in [5, 5.41) is 22.2. The average molecular weight is 374 g/mol. The molecule has 0 aliphatic heterocycles. The molecule has 2 N–H and O–H groups in total. The molecule has 1 unspecified atom stereocenters. The summed E-state index contributed by atoms with van der Waals surface area (Å²) in [7, 11) is 1.50. The lowest BCUT2D eigenvalue weighted by Crippen LogP contribution is -2.40. The molecule has 0 spiro atoms. The highest BCUT2D eigenvalue weighted by atomic mass is 16.5. The number of ketones is 1. The van der Waals surface area contributed by atoms with Crippen LogP contribution in [-0.2, 0) is 5.60 Å². The van der Waals surface area contributed by atoms with E-state index in [0.717, 1.165) is 5.56 Å². The predicted molar refractivity (Wildman–Crippen MR) is 107 cm³/mol. The van der Waals surface area contributed by atoms with Gasteiger partial charge in [0.15, 0.2) is 17.3 Å². The lowest BCUT2D eigenvalue weighted by Gasteiger charge is -2.41. The van der Waals surface area contributed by atoms with E-state index in [1.54, 1.807) is 30.3 Å². The zero-order valence-electron chi connectivity index (χ0n) is 15.8.